The van der Waals surface area contributed by atoms with Crippen molar-refractivity contribution in [3.8, 4) is 0 Å². The molecule has 7 heteroatoms. The van der Waals surface area contributed by atoms with Gasteiger partial charge < -0.3 is 14.4 Å². The highest BCUT2D eigenvalue weighted by molar-refractivity contribution is 5.97. The molecule has 0 radical (unpaired) electrons. The molecular formula is C31H32N2O5. The van der Waals surface area contributed by atoms with Crippen molar-refractivity contribution in [1.82, 2.24) is 0 Å². The summed E-state index contributed by atoms with van der Waals surface area (Å²) < 4.78 is 10.6. The topological polar surface area (TPSA) is 76.2 Å². The second kappa shape index (κ2) is 11.5. The van der Waals surface area contributed by atoms with E-state index in [9.17, 15) is 14.4 Å². The number of para-hydroxylation sites is 2. The van der Waals surface area contributed by atoms with E-state index in [2.05, 4.69) is 0 Å². The summed E-state index contributed by atoms with van der Waals surface area (Å²) in [7, 11) is 1.33. The molecule has 0 aromatic heterocycles. The highest BCUT2D eigenvalue weighted by Crippen LogP contribution is 2.51. The third-order valence-electron chi connectivity index (χ3n) is 7.54. The molecule has 1 saturated carbocycles. The van der Waals surface area contributed by atoms with Crippen molar-refractivity contribution >= 4 is 29.3 Å². The molecule has 2 aliphatic rings. The summed E-state index contributed by atoms with van der Waals surface area (Å²) in [6.07, 6.45) is 2.33. The summed E-state index contributed by atoms with van der Waals surface area (Å²) in [5.41, 5.74) is 3.37. The van der Waals surface area contributed by atoms with Crippen LogP contribution in [0.4, 0.5) is 16.2 Å². The van der Waals surface area contributed by atoms with Gasteiger partial charge >= 0.3 is 12.1 Å². The minimum Gasteiger partial charge on any atom is -0.469 e. The van der Waals surface area contributed by atoms with E-state index >= 15 is 0 Å². The van der Waals surface area contributed by atoms with Gasteiger partial charge in [-0.2, -0.15) is 0 Å². The molecule has 196 valence electrons. The number of fused-ring (bicyclic) bond motifs is 2. The molecule has 0 N–H and O–H groups in total. The Hall–Kier alpha value is -4.13. The number of nitrogens with zero attached hydrogens (tertiary/aromatic N) is 2. The number of benzene rings is 3. The molecular weight excluding hydrogens is 480 g/mol. The number of amides is 2. The zero-order chi connectivity index (χ0) is 26.5. The van der Waals surface area contributed by atoms with Crippen LogP contribution in [-0.4, -0.2) is 31.1 Å². The number of carbonyl (C=O) groups excluding carboxylic acids is 3. The maximum absolute atomic E-state index is 13.7. The van der Waals surface area contributed by atoms with Crippen LogP contribution in [-0.2, 0) is 25.7 Å². The lowest BCUT2D eigenvalue weighted by atomic mass is 9.81. The van der Waals surface area contributed by atoms with Crippen LogP contribution in [0.5, 0.6) is 0 Å². The standard InChI is InChI=1S/C31H32N2O5/c1-37-29(35)20-19-28(34)32(23-13-6-3-7-14-23)30-24-15-8-9-17-26(24)33(27-18-10-16-25(27)30)31(36)38-21-22-11-4-2-5-12-22/h2-9,11-15,17,25,27,30H,10,16,18-21H2,1H3/t25-,27+,30-/m0/s1. The van der Waals surface area contributed by atoms with Crippen LogP contribution in [0, 0.1) is 5.92 Å². The van der Waals surface area contributed by atoms with Gasteiger partial charge in [-0.15, -0.1) is 0 Å². The summed E-state index contributed by atoms with van der Waals surface area (Å²) in [5.74, 6) is -0.537. The predicted octanol–water partition coefficient (Wildman–Crippen LogP) is 6.04. The number of carbonyl (C=O) groups is 3. The van der Waals surface area contributed by atoms with Crippen LogP contribution < -0.4 is 9.80 Å². The van der Waals surface area contributed by atoms with Gasteiger partial charge in [0, 0.05) is 24.1 Å². The first-order valence-corrected chi connectivity index (χ1v) is 13.1. The number of anilines is 2. The van der Waals surface area contributed by atoms with Crippen molar-refractivity contribution in [2.45, 2.75) is 50.8 Å². The summed E-state index contributed by atoms with van der Waals surface area (Å²) in [4.78, 5) is 42.8. The van der Waals surface area contributed by atoms with Crippen molar-refractivity contribution in [3.05, 3.63) is 96.1 Å². The average molecular weight is 513 g/mol. The van der Waals surface area contributed by atoms with Crippen molar-refractivity contribution in [1.29, 1.82) is 0 Å². The van der Waals surface area contributed by atoms with E-state index in [0.717, 1.165) is 41.8 Å². The molecule has 2 amide bonds. The summed E-state index contributed by atoms with van der Waals surface area (Å²) in [5, 5.41) is 0. The first kappa shape index (κ1) is 25.5. The van der Waals surface area contributed by atoms with E-state index in [1.165, 1.54) is 7.11 Å². The molecule has 1 aliphatic heterocycles. The minimum atomic E-state index is -0.415. The summed E-state index contributed by atoms with van der Waals surface area (Å²) in [6, 6.07) is 26.6. The Morgan fingerprint density at radius 2 is 1.55 bits per heavy atom. The largest absolute Gasteiger partial charge is 0.469 e. The first-order valence-electron chi connectivity index (χ1n) is 13.1. The molecule has 3 aromatic rings. The Bertz CT molecular complexity index is 1280. The van der Waals surface area contributed by atoms with E-state index in [1.807, 2.05) is 89.8 Å². The van der Waals surface area contributed by atoms with Gasteiger partial charge in [-0.1, -0.05) is 73.2 Å². The Kier molecular flexibility index (Phi) is 7.73. The quantitative estimate of drug-likeness (QED) is 0.361. The van der Waals surface area contributed by atoms with Crippen LogP contribution in [0.15, 0.2) is 84.9 Å². The average Bonchev–Trinajstić information content (AvgIpc) is 3.45. The maximum Gasteiger partial charge on any atom is 0.414 e. The molecule has 1 fully saturated rings. The number of hydrogen-bond acceptors (Lipinski definition) is 5. The van der Waals surface area contributed by atoms with Gasteiger partial charge in [0.15, 0.2) is 0 Å². The Morgan fingerprint density at radius 3 is 2.29 bits per heavy atom. The van der Waals surface area contributed by atoms with Gasteiger partial charge in [-0.3, -0.25) is 14.5 Å². The lowest BCUT2D eigenvalue weighted by Crippen LogP contribution is -2.52. The second-order valence-corrected chi connectivity index (χ2v) is 9.75. The molecule has 0 spiro atoms. The highest BCUT2D eigenvalue weighted by Gasteiger charge is 2.49. The van der Waals surface area contributed by atoms with E-state index in [-0.39, 0.29) is 49.5 Å². The number of esters is 1. The molecule has 5 rings (SSSR count). The van der Waals surface area contributed by atoms with Gasteiger partial charge in [0.2, 0.25) is 5.91 Å². The number of hydrogen-bond donors (Lipinski definition) is 0. The molecule has 0 saturated heterocycles. The second-order valence-electron chi connectivity index (χ2n) is 9.75. The van der Waals surface area contributed by atoms with E-state index < -0.39 is 5.97 Å². The molecule has 3 atom stereocenters. The number of rotatable bonds is 7. The van der Waals surface area contributed by atoms with Crippen molar-refractivity contribution in [2.75, 3.05) is 16.9 Å². The van der Waals surface area contributed by atoms with Crippen LogP contribution in [0.3, 0.4) is 0 Å². The lowest BCUT2D eigenvalue weighted by molar-refractivity contribution is -0.142. The van der Waals surface area contributed by atoms with Crippen molar-refractivity contribution in [2.24, 2.45) is 5.92 Å². The zero-order valence-electron chi connectivity index (χ0n) is 21.5. The normalized spacial score (nSPS) is 19.7. The SMILES string of the molecule is COC(=O)CCC(=O)N(c1ccccc1)[C@H]1c2ccccc2N(C(=O)OCc2ccccc2)[C@@H]2CCC[C@@H]21. The smallest absolute Gasteiger partial charge is 0.414 e. The highest BCUT2D eigenvalue weighted by atomic mass is 16.6. The van der Waals surface area contributed by atoms with Crippen LogP contribution >= 0.6 is 0 Å². The molecule has 7 nitrogen and oxygen atoms in total. The van der Waals surface area contributed by atoms with E-state index in [4.69, 9.17) is 9.47 Å². The predicted molar refractivity (Wildman–Crippen MR) is 145 cm³/mol. The Labute approximate surface area is 223 Å². The maximum atomic E-state index is 13.7. The molecule has 0 unspecified atom stereocenters. The van der Waals surface area contributed by atoms with Gasteiger partial charge in [-0.25, -0.2) is 4.79 Å². The van der Waals surface area contributed by atoms with Crippen LogP contribution in [0.1, 0.15) is 49.3 Å². The lowest BCUT2D eigenvalue weighted by Gasteiger charge is -2.47. The van der Waals surface area contributed by atoms with Gasteiger partial charge in [0.05, 0.1) is 25.3 Å². The fraction of sp³-hybridized carbons (Fsp3) is 0.323. The molecule has 3 aromatic carbocycles. The third kappa shape index (κ3) is 5.14. The molecule has 1 aliphatic carbocycles. The Balaban J connectivity index is 1.51. The fourth-order valence-electron chi connectivity index (χ4n) is 5.86. The third-order valence-corrected chi connectivity index (χ3v) is 7.54. The number of ether oxygens (including phenoxy) is 2. The molecule has 1 heterocycles. The van der Waals surface area contributed by atoms with Crippen molar-refractivity contribution < 1.29 is 23.9 Å². The van der Waals surface area contributed by atoms with Crippen LogP contribution in [0.25, 0.3) is 0 Å². The summed E-state index contributed by atoms with van der Waals surface area (Å²) in [6.45, 7) is 0.196. The monoisotopic (exact) mass is 512 g/mol. The minimum absolute atomic E-state index is 0.0130. The fourth-order valence-corrected chi connectivity index (χ4v) is 5.86. The van der Waals surface area contributed by atoms with Gasteiger partial charge in [0.25, 0.3) is 0 Å². The van der Waals surface area contributed by atoms with E-state index in [0.29, 0.717) is 0 Å². The molecule has 38 heavy (non-hydrogen) atoms. The van der Waals surface area contributed by atoms with E-state index in [1.54, 1.807) is 4.90 Å². The van der Waals surface area contributed by atoms with Crippen LogP contribution in [0.2, 0.25) is 0 Å². The Morgan fingerprint density at radius 1 is 0.868 bits per heavy atom. The summed E-state index contributed by atoms with van der Waals surface area (Å²) >= 11 is 0. The molecule has 0 bridgehead atoms. The first-order chi connectivity index (χ1) is 18.6. The van der Waals surface area contributed by atoms with Gasteiger partial charge in [-0.05, 0) is 42.2 Å². The van der Waals surface area contributed by atoms with Crippen molar-refractivity contribution in [3.63, 3.8) is 0 Å². The van der Waals surface area contributed by atoms with Gasteiger partial charge in [0.1, 0.15) is 6.61 Å². The zero-order valence-corrected chi connectivity index (χ0v) is 21.5. The number of methoxy groups -OCH3 is 1.